The molecule has 0 heterocycles. The van der Waals surface area contributed by atoms with Crippen LogP contribution in [0.4, 0.5) is 11.4 Å². The van der Waals surface area contributed by atoms with Crippen molar-refractivity contribution in [3.63, 3.8) is 0 Å². The Morgan fingerprint density at radius 1 is 0.700 bits per heavy atom. The fraction of sp³-hybridized carbons (Fsp3) is 0.0909. The van der Waals surface area contributed by atoms with E-state index in [1.807, 2.05) is 0 Å². The molecule has 212 valence electrons. The average molecular weight is 614 g/mol. The third-order valence-electron chi connectivity index (χ3n) is 6.19. The maximum atomic E-state index is 13.8. The summed E-state index contributed by atoms with van der Waals surface area (Å²) >= 11 is 0. The van der Waals surface area contributed by atoms with E-state index in [2.05, 4.69) is 0 Å². The summed E-state index contributed by atoms with van der Waals surface area (Å²) in [6, 6.07) is 4.51. The summed E-state index contributed by atoms with van der Waals surface area (Å²) in [5.41, 5.74) is 11.5. The molecule has 3 aromatic rings. The standard InChI is InChI=1S/C22H19N3O12S3/c1-37-13-5-4-10(21(12(13)7-23)39(31,32)33)14-15-16(18(25)22(17(14)24)40(34,35)36)20(27)11-6-8(38(28,29)30)2-3-9(11)19(15)26/h2-6H,7,23-25H2,1H3,(H,28,29,30)(H,31,32,33)(H,34,35,36). The first-order valence-electron chi connectivity index (χ1n) is 10.7. The number of ether oxygens (including phenoxy) is 1. The molecule has 0 bridgehead atoms. The normalized spacial score (nSPS) is 13.6. The molecule has 15 nitrogen and oxygen atoms in total. The number of benzene rings is 3. The van der Waals surface area contributed by atoms with Crippen molar-refractivity contribution >= 4 is 53.3 Å². The van der Waals surface area contributed by atoms with Crippen molar-refractivity contribution in [1.82, 2.24) is 0 Å². The van der Waals surface area contributed by atoms with Crippen LogP contribution in [0.1, 0.15) is 37.4 Å². The van der Waals surface area contributed by atoms with Gasteiger partial charge in [-0.25, -0.2) is 0 Å². The van der Waals surface area contributed by atoms with Crippen LogP contribution >= 0.6 is 0 Å². The van der Waals surface area contributed by atoms with Crippen molar-refractivity contribution in [3.8, 4) is 16.9 Å². The van der Waals surface area contributed by atoms with Crippen molar-refractivity contribution in [3.05, 3.63) is 58.1 Å². The molecule has 40 heavy (non-hydrogen) atoms. The van der Waals surface area contributed by atoms with E-state index in [1.165, 1.54) is 6.07 Å². The van der Waals surface area contributed by atoms with E-state index in [0.717, 1.165) is 25.3 Å². The Bertz CT molecular complexity index is 2000. The van der Waals surface area contributed by atoms with Gasteiger partial charge in [-0.05, 0) is 30.3 Å². The Hall–Kier alpha value is -3.91. The minimum Gasteiger partial charge on any atom is -0.496 e. The molecular formula is C22H19N3O12S3. The fourth-order valence-corrected chi connectivity index (χ4v) is 6.82. The van der Waals surface area contributed by atoms with Gasteiger partial charge in [0.05, 0.1) is 28.9 Å². The number of anilines is 2. The van der Waals surface area contributed by atoms with E-state index >= 15 is 0 Å². The molecule has 0 saturated heterocycles. The largest absolute Gasteiger partial charge is 0.496 e. The molecule has 1 aliphatic rings. The number of carbonyl (C=O) groups is 2. The van der Waals surface area contributed by atoms with Gasteiger partial charge in [-0.2, -0.15) is 25.3 Å². The number of ketones is 2. The summed E-state index contributed by atoms with van der Waals surface area (Å²) in [6.45, 7) is -0.553. The van der Waals surface area contributed by atoms with Gasteiger partial charge in [0.15, 0.2) is 11.6 Å². The number of nitrogen functional groups attached to an aromatic ring is 2. The van der Waals surface area contributed by atoms with Gasteiger partial charge in [-0.1, -0.05) is 0 Å². The first-order chi connectivity index (χ1) is 18.4. The molecule has 0 spiro atoms. The average Bonchev–Trinajstić information content (AvgIpc) is 2.83. The second kappa shape index (κ2) is 9.34. The van der Waals surface area contributed by atoms with Gasteiger partial charge >= 0.3 is 0 Å². The molecule has 0 fully saturated rings. The summed E-state index contributed by atoms with van der Waals surface area (Å²) in [4.78, 5) is 24.4. The maximum Gasteiger partial charge on any atom is 0.298 e. The molecular weight excluding hydrogens is 594 g/mol. The molecule has 0 radical (unpaired) electrons. The predicted octanol–water partition coefficient (Wildman–Crippen LogP) is 0.501. The monoisotopic (exact) mass is 613 g/mol. The van der Waals surface area contributed by atoms with Crippen molar-refractivity contribution in [1.29, 1.82) is 0 Å². The van der Waals surface area contributed by atoms with Gasteiger partial charge < -0.3 is 21.9 Å². The van der Waals surface area contributed by atoms with E-state index in [9.17, 15) is 48.5 Å². The summed E-state index contributed by atoms with van der Waals surface area (Å²) in [5.74, 6) is -2.44. The van der Waals surface area contributed by atoms with E-state index in [1.54, 1.807) is 0 Å². The zero-order valence-corrected chi connectivity index (χ0v) is 22.5. The van der Waals surface area contributed by atoms with Gasteiger partial charge in [-0.3, -0.25) is 23.2 Å². The number of hydrogen-bond acceptors (Lipinski definition) is 12. The zero-order chi connectivity index (χ0) is 30.1. The minimum atomic E-state index is -5.37. The molecule has 0 atom stereocenters. The van der Waals surface area contributed by atoms with Crippen molar-refractivity contribution in [2.45, 2.75) is 21.2 Å². The molecule has 18 heteroatoms. The SMILES string of the molecule is COc1ccc(-c2c(N)c(S(=O)(=O)O)c(N)c3c2C(=O)c2ccc(S(=O)(=O)O)cc2C3=O)c(S(=O)(=O)O)c1CN. The molecule has 0 aliphatic heterocycles. The molecule has 4 rings (SSSR count). The molecule has 0 aromatic heterocycles. The van der Waals surface area contributed by atoms with Crippen molar-refractivity contribution in [2.75, 3.05) is 18.6 Å². The highest BCUT2D eigenvalue weighted by atomic mass is 32.2. The van der Waals surface area contributed by atoms with Crippen molar-refractivity contribution in [2.24, 2.45) is 5.73 Å². The van der Waals surface area contributed by atoms with E-state index in [0.29, 0.717) is 6.07 Å². The molecule has 3 aromatic carbocycles. The second-order valence-corrected chi connectivity index (χ2v) is 12.5. The highest BCUT2D eigenvalue weighted by Gasteiger charge is 2.41. The third-order valence-corrected chi connectivity index (χ3v) is 8.97. The Labute approximate surface area is 226 Å². The van der Waals surface area contributed by atoms with Crippen LogP contribution in [-0.4, -0.2) is 57.6 Å². The van der Waals surface area contributed by atoms with Gasteiger partial charge in [0.1, 0.15) is 15.5 Å². The van der Waals surface area contributed by atoms with Crippen LogP contribution in [0, 0.1) is 0 Å². The van der Waals surface area contributed by atoms with Crippen LogP contribution < -0.4 is 21.9 Å². The topological polar surface area (TPSA) is 285 Å². The third kappa shape index (κ3) is 4.40. The molecule has 9 N–H and O–H groups in total. The lowest BCUT2D eigenvalue weighted by Crippen LogP contribution is -2.26. The predicted molar refractivity (Wildman–Crippen MR) is 138 cm³/mol. The molecule has 0 saturated carbocycles. The smallest absolute Gasteiger partial charge is 0.298 e. The van der Waals surface area contributed by atoms with Crippen LogP contribution in [0.25, 0.3) is 11.1 Å². The minimum absolute atomic E-state index is 0.123. The number of nitrogens with two attached hydrogens (primary N) is 3. The molecule has 0 amide bonds. The van der Waals surface area contributed by atoms with Crippen molar-refractivity contribution < 1.29 is 53.2 Å². The highest BCUT2D eigenvalue weighted by molar-refractivity contribution is 7.86. The van der Waals surface area contributed by atoms with Crippen LogP contribution in [0.2, 0.25) is 0 Å². The summed E-state index contributed by atoms with van der Waals surface area (Å²) in [5, 5.41) is 0. The lowest BCUT2D eigenvalue weighted by Gasteiger charge is -2.26. The number of hydrogen-bond donors (Lipinski definition) is 6. The van der Waals surface area contributed by atoms with Crippen LogP contribution in [0.5, 0.6) is 5.75 Å². The Balaban J connectivity index is 2.29. The lowest BCUT2D eigenvalue weighted by atomic mass is 9.78. The number of rotatable bonds is 6. The second-order valence-electron chi connectivity index (χ2n) is 8.40. The van der Waals surface area contributed by atoms with Crippen LogP contribution in [0.15, 0.2) is 45.0 Å². The number of carbonyl (C=O) groups excluding carboxylic acids is 2. The lowest BCUT2D eigenvalue weighted by molar-refractivity contribution is 0.0979. The molecule has 1 aliphatic carbocycles. The van der Waals surface area contributed by atoms with E-state index in [-0.39, 0.29) is 11.3 Å². The Morgan fingerprint density at radius 3 is 1.73 bits per heavy atom. The van der Waals surface area contributed by atoms with Crippen LogP contribution in [-0.2, 0) is 36.9 Å². The Kier molecular flexibility index (Phi) is 6.79. The van der Waals surface area contributed by atoms with E-state index < -0.39 is 108 Å². The first kappa shape index (κ1) is 29.1. The fourth-order valence-electron chi connectivity index (χ4n) is 4.61. The van der Waals surface area contributed by atoms with Crippen LogP contribution in [0.3, 0.4) is 0 Å². The Morgan fingerprint density at radius 2 is 1.23 bits per heavy atom. The number of methoxy groups -OCH3 is 1. The number of fused-ring (bicyclic) bond motifs is 2. The van der Waals surface area contributed by atoms with Gasteiger partial charge in [0.2, 0.25) is 0 Å². The highest BCUT2D eigenvalue weighted by Crippen LogP contribution is 2.48. The first-order valence-corrected chi connectivity index (χ1v) is 15.0. The van der Waals surface area contributed by atoms with E-state index in [4.69, 9.17) is 21.9 Å². The van der Waals surface area contributed by atoms with Gasteiger partial charge in [0.25, 0.3) is 30.4 Å². The summed E-state index contributed by atoms with van der Waals surface area (Å²) < 4.78 is 108. The summed E-state index contributed by atoms with van der Waals surface area (Å²) in [7, 11) is -14.3. The van der Waals surface area contributed by atoms with Gasteiger partial charge in [-0.15, -0.1) is 0 Å². The molecule has 0 unspecified atom stereocenters. The maximum absolute atomic E-state index is 13.8. The zero-order valence-electron chi connectivity index (χ0n) is 20.1. The quantitative estimate of drug-likeness (QED) is 0.127. The van der Waals surface area contributed by atoms with Gasteiger partial charge in [0, 0.05) is 39.9 Å². The summed E-state index contributed by atoms with van der Waals surface area (Å²) in [6.07, 6.45) is 0.